The highest BCUT2D eigenvalue weighted by atomic mass is 16.5. The molecule has 1 saturated heterocycles. The van der Waals surface area contributed by atoms with E-state index in [4.69, 9.17) is 4.74 Å². The van der Waals surface area contributed by atoms with Gasteiger partial charge in [0.05, 0.1) is 19.8 Å². The Labute approximate surface area is 126 Å². The lowest BCUT2D eigenvalue weighted by molar-refractivity contribution is 0.0378. The van der Waals surface area contributed by atoms with Gasteiger partial charge in [-0.05, 0) is 25.1 Å². The van der Waals surface area contributed by atoms with Crippen LogP contribution in [0.25, 0.3) is 0 Å². The molecule has 5 heteroatoms. The molecule has 0 bridgehead atoms. The fourth-order valence-electron chi connectivity index (χ4n) is 2.77. The number of hydrogen-bond donors (Lipinski definition) is 2. The maximum Gasteiger partial charge on any atom is 0.130 e. The van der Waals surface area contributed by atoms with E-state index in [1.807, 2.05) is 0 Å². The van der Waals surface area contributed by atoms with Crippen molar-refractivity contribution in [3.63, 3.8) is 0 Å². The first-order valence-corrected chi connectivity index (χ1v) is 7.85. The van der Waals surface area contributed by atoms with Crippen LogP contribution in [-0.2, 0) is 4.74 Å². The highest BCUT2D eigenvalue weighted by molar-refractivity contribution is 6.04. The van der Waals surface area contributed by atoms with E-state index in [9.17, 15) is 0 Å². The summed E-state index contributed by atoms with van der Waals surface area (Å²) in [5.74, 6) is 1.02. The number of hydrogen-bond acceptors (Lipinski definition) is 5. The molecule has 0 unspecified atom stereocenters. The van der Waals surface area contributed by atoms with Crippen molar-refractivity contribution in [3.8, 4) is 0 Å². The average molecular weight is 288 g/mol. The van der Waals surface area contributed by atoms with Gasteiger partial charge >= 0.3 is 0 Å². The van der Waals surface area contributed by atoms with Crippen LogP contribution in [0, 0.1) is 0 Å². The first-order valence-electron chi connectivity index (χ1n) is 7.85. The summed E-state index contributed by atoms with van der Waals surface area (Å²) in [6, 6.07) is 8.40. The molecule has 1 aromatic rings. The van der Waals surface area contributed by atoms with Crippen LogP contribution in [0.15, 0.2) is 29.3 Å². The molecule has 1 aromatic carbocycles. The van der Waals surface area contributed by atoms with Crippen LogP contribution in [0.4, 0.5) is 5.69 Å². The number of amidine groups is 1. The summed E-state index contributed by atoms with van der Waals surface area (Å²) < 4.78 is 5.37. The number of morpholine rings is 1. The second kappa shape index (κ2) is 7.43. The second-order valence-electron chi connectivity index (χ2n) is 5.44. The van der Waals surface area contributed by atoms with E-state index in [1.54, 1.807) is 0 Å². The molecule has 5 nitrogen and oxygen atoms in total. The molecule has 2 heterocycles. The Morgan fingerprint density at radius 1 is 1.24 bits per heavy atom. The predicted octanol–water partition coefficient (Wildman–Crippen LogP) is 1.17. The molecule has 1 fully saturated rings. The topological polar surface area (TPSA) is 48.9 Å². The van der Waals surface area contributed by atoms with Crippen LogP contribution in [0.2, 0.25) is 0 Å². The third-order valence-corrected chi connectivity index (χ3v) is 3.93. The van der Waals surface area contributed by atoms with Crippen LogP contribution in [-0.4, -0.2) is 63.2 Å². The largest absolute Gasteiger partial charge is 0.384 e. The van der Waals surface area contributed by atoms with Crippen molar-refractivity contribution >= 4 is 11.5 Å². The molecule has 0 spiro atoms. The van der Waals surface area contributed by atoms with Crippen LogP contribution >= 0.6 is 0 Å². The lowest BCUT2D eigenvalue weighted by atomic mass is 10.1. The molecule has 0 radical (unpaired) electrons. The maximum atomic E-state index is 5.37. The molecule has 0 saturated carbocycles. The summed E-state index contributed by atoms with van der Waals surface area (Å²) in [5, 5.41) is 6.89. The third-order valence-electron chi connectivity index (χ3n) is 3.93. The van der Waals surface area contributed by atoms with E-state index >= 15 is 0 Å². The van der Waals surface area contributed by atoms with Gasteiger partial charge in [-0.1, -0.05) is 12.1 Å². The number of para-hydroxylation sites is 1. The van der Waals surface area contributed by atoms with Crippen molar-refractivity contribution < 1.29 is 4.74 Å². The van der Waals surface area contributed by atoms with Crippen molar-refractivity contribution in [3.05, 3.63) is 29.8 Å². The Morgan fingerprint density at radius 3 is 2.90 bits per heavy atom. The Bertz CT molecular complexity index is 483. The molecule has 114 valence electrons. The fourth-order valence-corrected chi connectivity index (χ4v) is 2.77. The van der Waals surface area contributed by atoms with Gasteiger partial charge < -0.3 is 15.4 Å². The Kier molecular flexibility index (Phi) is 5.08. The highest BCUT2D eigenvalue weighted by Crippen LogP contribution is 2.16. The molecule has 2 aliphatic heterocycles. The van der Waals surface area contributed by atoms with Crippen molar-refractivity contribution in [1.29, 1.82) is 0 Å². The van der Waals surface area contributed by atoms with E-state index in [0.717, 1.165) is 64.7 Å². The van der Waals surface area contributed by atoms with Crippen molar-refractivity contribution in [2.45, 2.75) is 6.42 Å². The molecular formula is C16H24N4O. The minimum absolute atomic E-state index is 0.876. The minimum atomic E-state index is 0.876. The Morgan fingerprint density at radius 2 is 2.10 bits per heavy atom. The van der Waals surface area contributed by atoms with Gasteiger partial charge in [0.1, 0.15) is 5.84 Å². The summed E-state index contributed by atoms with van der Waals surface area (Å²) in [6.07, 6.45) is 1.15. The number of nitrogens with one attached hydrogen (secondary N) is 2. The van der Waals surface area contributed by atoms with Gasteiger partial charge in [-0.25, -0.2) is 0 Å². The smallest absolute Gasteiger partial charge is 0.130 e. The van der Waals surface area contributed by atoms with E-state index in [1.165, 1.54) is 11.3 Å². The minimum Gasteiger partial charge on any atom is -0.384 e. The number of rotatable bonds is 6. The molecular weight excluding hydrogens is 264 g/mol. The van der Waals surface area contributed by atoms with Gasteiger partial charge in [-0.3, -0.25) is 9.89 Å². The third kappa shape index (κ3) is 3.95. The molecule has 2 N–H and O–H groups in total. The van der Waals surface area contributed by atoms with Gasteiger partial charge in [-0.2, -0.15) is 0 Å². The molecule has 0 aromatic heterocycles. The molecule has 0 aliphatic carbocycles. The van der Waals surface area contributed by atoms with Crippen LogP contribution in [0.5, 0.6) is 0 Å². The number of nitrogens with zero attached hydrogens (tertiary/aromatic N) is 2. The maximum absolute atomic E-state index is 5.37. The van der Waals surface area contributed by atoms with Crippen LogP contribution in [0.1, 0.15) is 12.0 Å². The SMILES string of the molecule is c1ccc(C2=NCCN2)c(NCCCN2CCOCC2)c1. The standard InChI is InChI=1S/C16H24N4O/c1-2-5-15(14(4-1)16-18-7-8-19-16)17-6-3-9-20-10-12-21-13-11-20/h1-2,4-5,17H,3,6-13H2,(H,18,19). The zero-order chi connectivity index (χ0) is 14.3. The van der Waals surface area contributed by atoms with Crippen LogP contribution < -0.4 is 10.6 Å². The van der Waals surface area contributed by atoms with Gasteiger partial charge in [0.25, 0.3) is 0 Å². The molecule has 21 heavy (non-hydrogen) atoms. The molecule has 0 atom stereocenters. The van der Waals surface area contributed by atoms with Crippen molar-refractivity contribution in [2.75, 3.05) is 57.8 Å². The summed E-state index contributed by atoms with van der Waals surface area (Å²) in [4.78, 5) is 6.98. The molecule has 3 rings (SSSR count). The Hall–Kier alpha value is -1.59. The molecule has 0 amide bonds. The zero-order valence-electron chi connectivity index (χ0n) is 12.5. The van der Waals surface area contributed by atoms with Crippen LogP contribution in [0.3, 0.4) is 0 Å². The Balaban J connectivity index is 1.48. The van der Waals surface area contributed by atoms with E-state index < -0.39 is 0 Å². The van der Waals surface area contributed by atoms with E-state index in [-0.39, 0.29) is 0 Å². The van der Waals surface area contributed by atoms with E-state index in [0.29, 0.717) is 0 Å². The number of ether oxygens (including phenoxy) is 1. The summed E-state index contributed by atoms with van der Waals surface area (Å²) >= 11 is 0. The van der Waals surface area contributed by atoms with E-state index in [2.05, 4.69) is 44.8 Å². The first-order chi connectivity index (χ1) is 10.4. The quantitative estimate of drug-likeness (QED) is 0.772. The lowest BCUT2D eigenvalue weighted by Gasteiger charge is -2.26. The van der Waals surface area contributed by atoms with Gasteiger partial charge in [0.2, 0.25) is 0 Å². The number of aliphatic imine (C=N–C) groups is 1. The summed E-state index contributed by atoms with van der Waals surface area (Å²) in [7, 11) is 0. The number of benzene rings is 1. The van der Waals surface area contributed by atoms with Gasteiger partial charge in [0.15, 0.2) is 0 Å². The summed E-state index contributed by atoms with van der Waals surface area (Å²) in [6.45, 7) is 7.83. The fraction of sp³-hybridized carbons (Fsp3) is 0.562. The monoisotopic (exact) mass is 288 g/mol. The van der Waals surface area contributed by atoms with Gasteiger partial charge in [0, 0.05) is 37.4 Å². The summed E-state index contributed by atoms with van der Waals surface area (Å²) in [5.41, 5.74) is 2.36. The van der Waals surface area contributed by atoms with Crippen molar-refractivity contribution in [2.24, 2.45) is 4.99 Å². The van der Waals surface area contributed by atoms with Gasteiger partial charge in [-0.15, -0.1) is 0 Å². The first kappa shape index (κ1) is 14.4. The predicted molar refractivity (Wildman–Crippen MR) is 86.2 cm³/mol. The second-order valence-corrected chi connectivity index (χ2v) is 5.44. The van der Waals surface area contributed by atoms with Crippen molar-refractivity contribution in [1.82, 2.24) is 10.2 Å². The lowest BCUT2D eigenvalue weighted by Crippen LogP contribution is -2.37. The highest BCUT2D eigenvalue weighted by Gasteiger charge is 2.12. The average Bonchev–Trinajstić information content (AvgIpc) is 3.07. The normalized spacial score (nSPS) is 19.1. The zero-order valence-corrected chi connectivity index (χ0v) is 12.5. The number of anilines is 1. The molecule has 2 aliphatic rings.